The van der Waals surface area contributed by atoms with Gasteiger partial charge in [-0.2, -0.15) is 0 Å². The van der Waals surface area contributed by atoms with Crippen LogP contribution in [0.15, 0.2) is 48.5 Å². The Morgan fingerprint density at radius 3 is 2.45 bits per heavy atom. The highest BCUT2D eigenvalue weighted by molar-refractivity contribution is 5.97. The summed E-state index contributed by atoms with van der Waals surface area (Å²) in [5.41, 5.74) is 0.928. The van der Waals surface area contributed by atoms with Crippen molar-refractivity contribution in [2.75, 3.05) is 0 Å². The first-order chi connectivity index (χ1) is 9.56. The molecule has 2 rings (SSSR count). The lowest BCUT2D eigenvalue weighted by Gasteiger charge is -2.06. The van der Waals surface area contributed by atoms with Gasteiger partial charge >= 0.3 is 5.97 Å². The third kappa shape index (κ3) is 3.41. The molecule has 0 saturated carbocycles. The van der Waals surface area contributed by atoms with Crippen molar-refractivity contribution in [2.24, 2.45) is 0 Å². The predicted octanol–water partition coefficient (Wildman–Crippen LogP) is 2.45. The van der Waals surface area contributed by atoms with Crippen LogP contribution in [-0.4, -0.2) is 17.0 Å². The summed E-state index contributed by atoms with van der Waals surface area (Å²) in [6.07, 6.45) is 0. The van der Waals surface area contributed by atoms with Gasteiger partial charge in [-0.05, 0) is 35.9 Å². The second kappa shape index (κ2) is 5.97. The quantitative estimate of drug-likeness (QED) is 0.899. The summed E-state index contributed by atoms with van der Waals surface area (Å²) in [7, 11) is 0. The second-order valence-corrected chi connectivity index (χ2v) is 4.20. The number of amides is 1. The maximum atomic E-state index is 13.0. The van der Waals surface area contributed by atoms with E-state index >= 15 is 0 Å². The summed E-state index contributed by atoms with van der Waals surface area (Å²) >= 11 is 0. The number of halogens is 1. The molecule has 2 aromatic carbocycles. The average Bonchev–Trinajstić information content (AvgIpc) is 2.45. The minimum absolute atomic E-state index is 0.0448. The Hall–Kier alpha value is -2.69. The van der Waals surface area contributed by atoms with Crippen LogP contribution >= 0.6 is 0 Å². The van der Waals surface area contributed by atoms with Gasteiger partial charge in [0, 0.05) is 12.1 Å². The summed E-state index contributed by atoms with van der Waals surface area (Å²) < 4.78 is 13.0. The predicted molar refractivity (Wildman–Crippen MR) is 71.0 cm³/mol. The second-order valence-electron chi connectivity index (χ2n) is 4.20. The molecule has 0 aromatic heterocycles. The van der Waals surface area contributed by atoms with Crippen LogP contribution in [-0.2, 0) is 6.54 Å². The highest BCUT2D eigenvalue weighted by atomic mass is 19.1. The fourth-order valence-electron chi connectivity index (χ4n) is 1.72. The first-order valence-corrected chi connectivity index (χ1v) is 5.92. The normalized spacial score (nSPS) is 10.1. The van der Waals surface area contributed by atoms with Crippen LogP contribution in [0.3, 0.4) is 0 Å². The van der Waals surface area contributed by atoms with Gasteiger partial charge in [0.05, 0.1) is 5.56 Å². The number of aromatic carboxylic acids is 1. The Bertz CT molecular complexity index is 655. The maximum Gasteiger partial charge on any atom is 0.335 e. The van der Waals surface area contributed by atoms with Gasteiger partial charge in [-0.25, -0.2) is 9.18 Å². The van der Waals surface area contributed by atoms with Crippen LogP contribution in [0.5, 0.6) is 0 Å². The Labute approximate surface area is 114 Å². The molecule has 0 aliphatic carbocycles. The van der Waals surface area contributed by atoms with Gasteiger partial charge < -0.3 is 10.4 Å². The minimum atomic E-state index is -1.09. The van der Waals surface area contributed by atoms with Gasteiger partial charge in [-0.3, -0.25) is 4.79 Å². The number of hydrogen-bond donors (Lipinski definition) is 2. The molecule has 0 unspecified atom stereocenters. The molecule has 0 heterocycles. The van der Waals surface area contributed by atoms with E-state index in [1.807, 2.05) is 0 Å². The van der Waals surface area contributed by atoms with Crippen molar-refractivity contribution in [1.29, 1.82) is 0 Å². The molecule has 0 aliphatic rings. The van der Waals surface area contributed by atoms with Crippen molar-refractivity contribution >= 4 is 11.9 Å². The lowest BCUT2D eigenvalue weighted by Crippen LogP contribution is -2.23. The summed E-state index contributed by atoms with van der Waals surface area (Å²) in [6.45, 7) is 0.174. The number of hydrogen-bond acceptors (Lipinski definition) is 2. The summed E-state index contributed by atoms with van der Waals surface area (Å²) in [5.74, 6) is -1.87. The van der Waals surface area contributed by atoms with E-state index in [-0.39, 0.29) is 23.5 Å². The van der Waals surface area contributed by atoms with E-state index in [2.05, 4.69) is 5.32 Å². The van der Waals surface area contributed by atoms with Crippen LogP contribution in [0.1, 0.15) is 26.3 Å². The van der Waals surface area contributed by atoms with Crippen LogP contribution in [0.2, 0.25) is 0 Å². The number of rotatable bonds is 4. The number of carboxylic acids is 1. The summed E-state index contributed by atoms with van der Waals surface area (Å²) in [5, 5.41) is 11.5. The van der Waals surface area contributed by atoms with Gasteiger partial charge in [0.2, 0.25) is 0 Å². The van der Waals surface area contributed by atoms with Crippen molar-refractivity contribution in [3.8, 4) is 0 Å². The zero-order chi connectivity index (χ0) is 14.5. The van der Waals surface area contributed by atoms with E-state index in [4.69, 9.17) is 5.11 Å². The zero-order valence-corrected chi connectivity index (χ0v) is 10.5. The van der Waals surface area contributed by atoms with Gasteiger partial charge in [-0.1, -0.05) is 18.2 Å². The highest BCUT2D eigenvalue weighted by Gasteiger charge is 2.09. The van der Waals surface area contributed by atoms with Crippen molar-refractivity contribution in [3.63, 3.8) is 0 Å². The number of carbonyl (C=O) groups is 2. The molecule has 5 heteroatoms. The van der Waals surface area contributed by atoms with Crippen LogP contribution in [0, 0.1) is 5.82 Å². The van der Waals surface area contributed by atoms with Crippen molar-refractivity contribution in [3.05, 3.63) is 71.0 Å². The van der Waals surface area contributed by atoms with E-state index in [1.54, 1.807) is 12.1 Å². The molecular formula is C15H12FNO3. The monoisotopic (exact) mass is 273 g/mol. The van der Waals surface area contributed by atoms with E-state index in [1.165, 1.54) is 36.4 Å². The molecule has 102 valence electrons. The zero-order valence-electron chi connectivity index (χ0n) is 10.5. The highest BCUT2D eigenvalue weighted by Crippen LogP contribution is 2.07. The first-order valence-electron chi connectivity index (χ1n) is 5.92. The van der Waals surface area contributed by atoms with E-state index in [0.717, 1.165) is 0 Å². The Morgan fingerprint density at radius 2 is 1.75 bits per heavy atom. The average molecular weight is 273 g/mol. The molecule has 0 aliphatic heterocycles. The van der Waals surface area contributed by atoms with Gasteiger partial charge in [0.1, 0.15) is 5.82 Å². The van der Waals surface area contributed by atoms with E-state index in [0.29, 0.717) is 5.56 Å². The molecule has 2 N–H and O–H groups in total. The van der Waals surface area contributed by atoms with Crippen molar-refractivity contribution in [1.82, 2.24) is 5.32 Å². The molecule has 0 radical (unpaired) electrons. The molecule has 2 aromatic rings. The number of nitrogens with one attached hydrogen (secondary N) is 1. The number of carbonyl (C=O) groups excluding carboxylic acids is 1. The lowest BCUT2D eigenvalue weighted by atomic mass is 10.1. The van der Waals surface area contributed by atoms with Crippen LogP contribution in [0.4, 0.5) is 4.39 Å². The molecule has 4 nitrogen and oxygen atoms in total. The molecular weight excluding hydrogens is 261 g/mol. The minimum Gasteiger partial charge on any atom is -0.478 e. The maximum absolute atomic E-state index is 13.0. The molecule has 0 spiro atoms. The lowest BCUT2D eigenvalue weighted by molar-refractivity contribution is 0.0697. The van der Waals surface area contributed by atoms with Gasteiger partial charge in [0.25, 0.3) is 5.91 Å². The smallest absolute Gasteiger partial charge is 0.335 e. The Morgan fingerprint density at radius 1 is 1.05 bits per heavy atom. The number of benzene rings is 2. The van der Waals surface area contributed by atoms with Crippen LogP contribution < -0.4 is 5.32 Å². The van der Waals surface area contributed by atoms with Gasteiger partial charge in [0.15, 0.2) is 0 Å². The standard InChI is InChI=1S/C15H12FNO3/c16-13-6-1-3-10(7-13)9-17-14(18)11-4-2-5-12(8-11)15(19)20/h1-8H,9H2,(H,17,18)(H,19,20). The van der Waals surface area contributed by atoms with Crippen molar-refractivity contribution in [2.45, 2.75) is 6.54 Å². The van der Waals surface area contributed by atoms with E-state index < -0.39 is 11.9 Å². The molecule has 20 heavy (non-hydrogen) atoms. The third-order valence-corrected chi connectivity index (χ3v) is 2.71. The molecule has 0 bridgehead atoms. The molecule has 1 amide bonds. The van der Waals surface area contributed by atoms with Gasteiger partial charge in [-0.15, -0.1) is 0 Å². The summed E-state index contributed by atoms with van der Waals surface area (Å²) in [6, 6.07) is 11.6. The van der Waals surface area contributed by atoms with E-state index in [9.17, 15) is 14.0 Å². The first kappa shape index (κ1) is 13.7. The Balaban J connectivity index is 2.05. The Kier molecular flexibility index (Phi) is 4.10. The topological polar surface area (TPSA) is 66.4 Å². The molecule has 0 saturated heterocycles. The number of carboxylic acid groups (broad SMARTS) is 1. The SMILES string of the molecule is O=C(O)c1cccc(C(=O)NCc2cccc(F)c2)c1. The van der Waals surface area contributed by atoms with Crippen molar-refractivity contribution < 1.29 is 19.1 Å². The third-order valence-electron chi connectivity index (χ3n) is 2.71. The van der Waals surface area contributed by atoms with Crippen LogP contribution in [0.25, 0.3) is 0 Å². The largest absolute Gasteiger partial charge is 0.478 e. The molecule has 0 fully saturated rings. The fourth-order valence-corrected chi connectivity index (χ4v) is 1.72. The fraction of sp³-hybridized carbons (Fsp3) is 0.0667. The summed E-state index contributed by atoms with van der Waals surface area (Å²) in [4.78, 5) is 22.7. The molecule has 0 atom stereocenters.